The number of piperazine rings is 2. The second-order valence-corrected chi connectivity index (χ2v) is 13.3. The summed E-state index contributed by atoms with van der Waals surface area (Å²) < 4.78 is 0. The number of likely N-dealkylation sites (N-methyl/N-ethyl adjacent to an activating group) is 1. The molecular formula is C35H41Cl2N7O3. The molecule has 3 aliphatic rings. The highest BCUT2D eigenvalue weighted by atomic mass is 35.5. The summed E-state index contributed by atoms with van der Waals surface area (Å²) in [6, 6.07) is 18.7. The van der Waals surface area contributed by atoms with E-state index in [0.717, 1.165) is 43.2 Å². The summed E-state index contributed by atoms with van der Waals surface area (Å²) in [7, 11) is 2.05. The van der Waals surface area contributed by atoms with Crippen molar-refractivity contribution < 1.29 is 14.4 Å². The number of nitrogens with zero attached hydrogens (tertiary/aromatic N) is 5. The van der Waals surface area contributed by atoms with Gasteiger partial charge in [-0.15, -0.1) is 0 Å². The third-order valence-electron chi connectivity index (χ3n) is 9.18. The van der Waals surface area contributed by atoms with Gasteiger partial charge >= 0.3 is 6.03 Å². The molecule has 0 bridgehead atoms. The predicted octanol–water partition coefficient (Wildman–Crippen LogP) is 5.52. The molecule has 10 nitrogen and oxygen atoms in total. The van der Waals surface area contributed by atoms with Crippen molar-refractivity contribution >= 4 is 63.8 Å². The average molecular weight is 679 g/mol. The zero-order valence-electron chi connectivity index (χ0n) is 26.7. The van der Waals surface area contributed by atoms with Crippen LogP contribution in [0.2, 0.25) is 10.0 Å². The van der Waals surface area contributed by atoms with E-state index in [1.54, 1.807) is 17.0 Å². The standard InChI is InChI=1S/C35H41Cl2N7O3/c1-40-13-15-43(16-14-40)32(45)23-25-21-30(36)33(31(37)22-25)39-35(47)44-19-17-42(18-20-44)28-9-7-26(8-10-28)34(46)38-27-5-4-6-29(24-27)41-11-2-3-12-41/h4-10,21-22,24H,2-3,11-20,23H2,1H3,(H,38,46)(H,39,47). The Balaban J connectivity index is 0.987. The van der Waals surface area contributed by atoms with Crippen molar-refractivity contribution in [3.05, 3.63) is 81.8 Å². The highest BCUT2D eigenvalue weighted by molar-refractivity contribution is 6.39. The van der Waals surface area contributed by atoms with Gasteiger partial charge in [0.25, 0.3) is 5.91 Å². The van der Waals surface area contributed by atoms with Crippen molar-refractivity contribution in [2.24, 2.45) is 0 Å². The van der Waals surface area contributed by atoms with Crippen molar-refractivity contribution in [3.8, 4) is 0 Å². The SMILES string of the molecule is CN1CCN(C(=O)Cc2cc(Cl)c(NC(=O)N3CCN(c4ccc(C(=O)Nc5cccc(N6CCCC6)c5)cc4)CC3)c(Cl)c2)CC1. The second-order valence-electron chi connectivity index (χ2n) is 12.4. The maximum atomic E-state index is 13.1. The number of carbonyl (C=O) groups excluding carboxylic acids is 3. The minimum atomic E-state index is -0.282. The van der Waals surface area contributed by atoms with Gasteiger partial charge in [0.1, 0.15) is 0 Å². The Labute approximate surface area is 286 Å². The molecule has 3 fully saturated rings. The van der Waals surface area contributed by atoms with E-state index in [-0.39, 0.29) is 24.3 Å². The van der Waals surface area contributed by atoms with E-state index < -0.39 is 0 Å². The molecule has 0 atom stereocenters. The van der Waals surface area contributed by atoms with E-state index in [9.17, 15) is 14.4 Å². The van der Waals surface area contributed by atoms with Gasteiger partial charge in [-0.05, 0) is 80.1 Å². The third-order valence-corrected chi connectivity index (χ3v) is 9.78. The first kappa shape index (κ1) is 32.9. The lowest BCUT2D eigenvalue weighted by Crippen LogP contribution is -2.50. The summed E-state index contributed by atoms with van der Waals surface area (Å²) in [5, 5.41) is 6.49. The summed E-state index contributed by atoms with van der Waals surface area (Å²) in [6.07, 6.45) is 2.61. The number of carbonyl (C=O) groups is 3. The quantitative estimate of drug-likeness (QED) is 0.343. The molecule has 47 heavy (non-hydrogen) atoms. The molecule has 0 saturated carbocycles. The van der Waals surface area contributed by atoms with Crippen molar-refractivity contribution in [3.63, 3.8) is 0 Å². The van der Waals surface area contributed by atoms with Crippen LogP contribution in [0.5, 0.6) is 0 Å². The van der Waals surface area contributed by atoms with Crippen LogP contribution < -0.4 is 20.4 Å². The van der Waals surface area contributed by atoms with Gasteiger partial charge in [0.15, 0.2) is 0 Å². The molecule has 0 aromatic heterocycles. The molecule has 3 saturated heterocycles. The smallest absolute Gasteiger partial charge is 0.322 e. The highest BCUT2D eigenvalue weighted by Gasteiger charge is 2.24. The molecule has 0 aliphatic carbocycles. The molecule has 3 heterocycles. The van der Waals surface area contributed by atoms with Gasteiger partial charge in [0.05, 0.1) is 22.2 Å². The van der Waals surface area contributed by atoms with Crippen LogP contribution in [-0.2, 0) is 11.2 Å². The van der Waals surface area contributed by atoms with Crippen LogP contribution >= 0.6 is 23.2 Å². The summed E-state index contributed by atoms with van der Waals surface area (Å²) in [5.74, 6) is -0.111. The van der Waals surface area contributed by atoms with Crippen LogP contribution in [0.15, 0.2) is 60.7 Å². The molecule has 0 spiro atoms. The number of urea groups is 1. The van der Waals surface area contributed by atoms with Gasteiger partial charge in [0.2, 0.25) is 5.91 Å². The Kier molecular flexibility index (Phi) is 10.4. The number of hydrogen-bond acceptors (Lipinski definition) is 6. The zero-order chi connectivity index (χ0) is 32.9. The molecule has 0 radical (unpaired) electrons. The Morgan fingerprint density at radius 3 is 1.96 bits per heavy atom. The van der Waals surface area contributed by atoms with Crippen LogP contribution in [-0.4, -0.2) is 105 Å². The molecule has 3 aromatic carbocycles. The van der Waals surface area contributed by atoms with E-state index in [2.05, 4.69) is 31.4 Å². The van der Waals surface area contributed by atoms with Crippen LogP contribution in [0.1, 0.15) is 28.8 Å². The van der Waals surface area contributed by atoms with E-state index >= 15 is 0 Å². The topological polar surface area (TPSA) is 91.5 Å². The van der Waals surface area contributed by atoms with Gasteiger partial charge in [0, 0.05) is 88.1 Å². The lowest BCUT2D eigenvalue weighted by atomic mass is 10.1. The highest BCUT2D eigenvalue weighted by Crippen LogP contribution is 2.33. The fourth-order valence-electron chi connectivity index (χ4n) is 6.33. The van der Waals surface area contributed by atoms with Gasteiger partial charge < -0.3 is 35.1 Å². The monoisotopic (exact) mass is 677 g/mol. The van der Waals surface area contributed by atoms with Crippen molar-refractivity contribution in [1.82, 2.24) is 14.7 Å². The van der Waals surface area contributed by atoms with E-state index in [1.807, 2.05) is 54.4 Å². The largest absolute Gasteiger partial charge is 0.371 e. The first-order valence-electron chi connectivity index (χ1n) is 16.2. The van der Waals surface area contributed by atoms with E-state index in [4.69, 9.17) is 23.2 Å². The molecule has 12 heteroatoms. The Hall–Kier alpha value is -3.99. The van der Waals surface area contributed by atoms with Crippen molar-refractivity contribution in [1.29, 1.82) is 0 Å². The minimum Gasteiger partial charge on any atom is -0.371 e. The first-order chi connectivity index (χ1) is 22.7. The minimum absolute atomic E-state index is 0.0383. The normalized spacial score (nSPS) is 17.2. The lowest BCUT2D eigenvalue weighted by molar-refractivity contribution is -0.132. The zero-order valence-corrected chi connectivity index (χ0v) is 28.2. The number of hydrogen-bond donors (Lipinski definition) is 2. The Bertz CT molecular complexity index is 1570. The summed E-state index contributed by atoms with van der Waals surface area (Å²) >= 11 is 13.1. The maximum absolute atomic E-state index is 13.1. The summed E-state index contributed by atoms with van der Waals surface area (Å²) in [5.41, 5.74) is 4.55. The van der Waals surface area contributed by atoms with Crippen LogP contribution in [0.3, 0.4) is 0 Å². The number of rotatable bonds is 7. The Morgan fingerprint density at radius 1 is 0.681 bits per heavy atom. The fourth-order valence-corrected chi connectivity index (χ4v) is 6.95. The first-order valence-corrected chi connectivity index (χ1v) is 17.0. The predicted molar refractivity (Wildman–Crippen MR) is 189 cm³/mol. The molecular weight excluding hydrogens is 637 g/mol. The van der Waals surface area contributed by atoms with Gasteiger partial charge in [-0.2, -0.15) is 0 Å². The molecule has 0 unspecified atom stereocenters. The molecule has 6 rings (SSSR count). The number of anilines is 4. The van der Waals surface area contributed by atoms with E-state index in [0.29, 0.717) is 66.1 Å². The van der Waals surface area contributed by atoms with Crippen LogP contribution in [0, 0.1) is 0 Å². The van der Waals surface area contributed by atoms with Crippen molar-refractivity contribution in [2.45, 2.75) is 19.3 Å². The fraction of sp³-hybridized carbons (Fsp3) is 0.400. The van der Waals surface area contributed by atoms with Gasteiger partial charge in [-0.25, -0.2) is 4.79 Å². The average Bonchev–Trinajstić information content (AvgIpc) is 3.62. The number of halogens is 2. The second kappa shape index (κ2) is 14.8. The number of nitrogens with one attached hydrogen (secondary N) is 2. The lowest BCUT2D eigenvalue weighted by Gasteiger charge is -2.36. The number of amides is 4. The third kappa shape index (κ3) is 8.12. The molecule has 248 valence electrons. The molecule has 4 amide bonds. The summed E-state index contributed by atoms with van der Waals surface area (Å²) in [6.45, 7) is 7.51. The molecule has 3 aliphatic heterocycles. The van der Waals surface area contributed by atoms with Gasteiger partial charge in [-0.3, -0.25) is 9.59 Å². The molecule has 3 aromatic rings. The van der Waals surface area contributed by atoms with Crippen molar-refractivity contribution in [2.75, 3.05) is 92.9 Å². The summed E-state index contributed by atoms with van der Waals surface area (Å²) in [4.78, 5) is 49.2. The van der Waals surface area contributed by atoms with Crippen LogP contribution in [0.25, 0.3) is 0 Å². The van der Waals surface area contributed by atoms with Crippen LogP contribution in [0.4, 0.5) is 27.5 Å². The maximum Gasteiger partial charge on any atom is 0.322 e. The van der Waals surface area contributed by atoms with E-state index in [1.165, 1.54) is 12.8 Å². The Morgan fingerprint density at radius 2 is 1.30 bits per heavy atom. The van der Waals surface area contributed by atoms with Gasteiger partial charge in [-0.1, -0.05) is 29.3 Å². The molecule has 2 N–H and O–H groups in total. The number of benzene rings is 3.